The lowest BCUT2D eigenvalue weighted by Gasteiger charge is -2.19. The van der Waals surface area contributed by atoms with Gasteiger partial charge in [-0.3, -0.25) is 0 Å². The van der Waals surface area contributed by atoms with Crippen LogP contribution in [0.4, 0.5) is 11.5 Å². The number of nitrogens with zero attached hydrogens (tertiary/aromatic N) is 2. The fourth-order valence-electron chi connectivity index (χ4n) is 1.66. The number of aromatic nitrogens is 1. The van der Waals surface area contributed by atoms with Crippen molar-refractivity contribution in [2.45, 2.75) is 6.92 Å². The predicted octanol–water partition coefficient (Wildman–Crippen LogP) is 3.93. The number of pyridine rings is 1. The summed E-state index contributed by atoms with van der Waals surface area (Å²) in [4.78, 5) is 6.58. The summed E-state index contributed by atoms with van der Waals surface area (Å²) >= 11 is 3.46. The SMILES string of the molecule is COc1ccc(N(C)c2ccc(Br)c(C)n2)cc1. The van der Waals surface area contributed by atoms with E-state index in [1.165, 1.54) is 0 Å². The van der Waals surface area contributed by atoms with Gasteiger partial charge in [0.2, 0.25) is 0 Å². The highest BCUT2D eigenvalue weighted by atomic mass is 79.9. The zero-order valence-corrected chi connectivity index (χ0v) is 12.2. The zero-order valence-electron chi connectivity index (χ0n) is 10.6. The molecule has 4 heteroatoms. The number of halogens is 1. The van der Waals surface area contributed by atoms with E-state index in [4.69, 9.17) is 4.74 Å². The van der Waals surface area contributed by atoms with Gasteiger partial charge in [0, 0.05) is 17.2 Å². The van der Waals surface area contributed by atoms with Crippen LogP contribution >= 0.6 is 15.9 Å². The van der Waals surface area contributed by atoms with Crippen molar-refractivity contribution in [3.8, 4) is 5.75 Å². The van der Waals surface area contributed by atoms with Gasteiger partial charge in [0.25, 0.3) is 0 Å². The van der Waals surface area contributed by atoms with E-state index in [1.54, 1.807) is 7.11 Å². The third-order valence-corrected chi connectivity index (χ3v) is 3.65. The Morgan fingerprint density at radius 3 is 2.33 bits per heavy atom. The van der Waals surface area contributed by atoms with Crippen LogP contribution < -0.4 is 9.64 Å². The number of aryl methyl sites for hydroxylation is 1. The fraction of sp³-hybridized carbons (Fsp3) is 0.214. The molecule has 0 spiro atoms. The maximum Gasteiger partial charge on any atom is 0.133 e. The minimum absolute atomic E-state index is 0.854. The number of methoxy groups -OCH3 is 1. The van der Waals surface area contributed by atoms with Crippen molar-refractivity contribution in [2.75, 3.05) is 19.1 Å². The lowest BCUT2D eigenvalue weighted by molar-refractivity contribution is 0.415. The number of hydrogen-bond acceptors (Lipinski definition) is 3. The first-order valence-electron chi connectivity index (χ1n) is 5.63. The number of ether oxygens (including phenoxy) is 1. The second-order valence-corrected chi connectivity index (χ2v) is 4.85. The van der Waals surface area contributed by atoms with E-state index in [9.17, 15) is 0 Å². The van der Waals surface area contributed by atoms with Gasteiger partial charge in [-0.15, -0.1) is 0 Å². The van der Waals surface area contributed by atoms with E-state index >= 15 is 0 Å². The monoisotopic (exact) mass is 306 g/mol. The molecule has 1 heterocycles. The van der Waals surface area contributed by atoms with E-state index in [1.807, 2.05) is 55.3 Å². The van der Waals surface area contributed by atoms with Crippen LogP contribution in [0.3, 0.4) is 0 Å². The Balaban J connectivity index is 2.28. The Morgan fingerprint density at radius 2 is 1.78 bits per heavy atom. The largest absolute Gasteiger partial charge is 0.497 e. The molecule has 94 valence electrons. The van der Waals surface area contributed by atoms with Crippen molar-refractivity contribution in [3.05, 3.63) is 46.6 Å². The molecule has 0 amide bonds. The van der Waals surface area contributed by atoms with E-state index in [-0.39, 0.29) is 0 Å². The predicted molar refractivity (Wildman–Crippen MR) is 77.7 cm³/mol. The highest BCUT2D eigenvalue weighted by molar-refractivity contribution is 9.10. The van der Waals surface area contributed by atoms with Gasteiger partial charge in [0.15, 0.2) is 0 Å². The van der Waals surface area contributed by atoms with Crippen LogP contribution in [-0.4, -0.2) is 19.1 Å². The van der Waals surface area contributed by atoms with Crippen molar-refractivity contribution < 1.29 is 4.74 Å². The lowest BCUT2D eigenvalue weighted by Crippen LogP contribution is -2.11. The van der Waals surface area contributed by atoms with E-state index in [2.05, 4.69) is 20.9 Å². The number of hydrogen-bond donors (Lipinski definition) is 0. The second kappa shape index (κ2) is 5.40. The molecule has 0 aliphatic heterocycles. The van der Waals surface area contributed by atoms with Crippen molar-refractivity contribution in [3.63, 3.8) is 0 Å². The molecule has 0 N–H and O–H groups in total. The molecule has 0 aliphatic carbocycles. The van der Waals surface area contributed by atoms with Crippen LogP contribution in [0.1, 0.15) is 5.69 Å². The van der Waals surface area contributed by atoms with Crippen LogP contribution in [0.5, 0.6) is 5.75 Å². The molecule has 0 saturated carbocycles. The first-order valence-corrected chi connectivity index (χ1v) is 6.42. The number of benzene rings is 1. The van der Waals surface area contributed by atoms with E-state index in [0.29, 0.717) is 0 Å². The van der Waals surface area contributed by atoms with Crippen molar-refractivity contribution in [2.24, 2.45) is 0 Å². The molecular formula is C14H15BrN2O. The highest BCUT2D eigenvalue weighted by Crippen LogP contribution is 2.26. The van der Waals surface area contributed by atoms with Gasteiger partial charge in [0.05, 0.1) is 12.8 Å². The summed E-state index contributed by atoms with van der Waals surface area (Å²) < 4.78 is 6.17. The molecule has 0 unspecified atom stereocenters. The average molecular weight is 307 g/mol. The quantitative estimate of drug-likeness (QED) is 0.859. The molecule has 2 aromatic rings. The van der Waals surface area contributed by atoms with Gasteiger partial charge in [-0.1, -0.05) is 0 Å². The average Bonchev–Trinajstić information content (AvgIpc) is 2.41. The molecule has 0 fully saturated rings. The third kappa shape index (κ3) is 2.64. The standard InChI is InChI=1S/C14H15BrN2O/c1-10-13(15)8-9-14(16-10)17(2)11-4-6-12(18-3)7-5-11/h4-9H,1-3H3. The molecule has 0 aliphatic rings. The van der Waals surface area contributed by atoms with Crippen LogP contribution in [0.15, 0.2) is 40.9 Å². The maximum absolute atomic E-state index is 5.15. The molecular weight excluding hydrogens is 292 g/mol. The molecule has 0 bridgehead atoms. The Hall–Kier alpha value is -1.55. The second-order valence-electron chi connectivity index (χ2n) is 3.99. The molecule has 0 radical (unpaired) electrons. The first-order chi connectivity index (χ1) is 8.61. The highest BCUT2D eigenvalue weighted by Gasteiger charge is 2.07. The van der Waals surface area contributed by atoms with E-state index < -0.39 is 0 Å². The van der Waals surface area contributed by atoms with Crippen molar-refractivity contribution in [1.29, 1.82) is 0 Å². The molecule has 2 rings (SSSR count). The molecule has 0 atom stereocenters. The molecule has 0 saturated heterocycles. The van der Waals surface area contributed by atoms with Crippen molar-refractivity contribution in [1.82, 2.24) is 4.98 Å². The van der Waals surface area contributed by atoms with Gasteiger partial charge in [-0.2, -0.15) is 0 Å². The Kier molecular flexibility index (Phi) is 3.87. The summed E-state index contributed by atoms with van der Waals surface area (Å²) in [5, 5.41) is 0. The first kappa shape index (κ1) is 12.9. The molecule has 3 nitrogen and oxygen atoms in total. The summed E-state index contributed by atoms with van der Waals surface area (Å²) in [6, 6.07) is 11.9. The van der Waals surface area contributed by atoms with Crippen LogP contribution in [0.2, 0.25) is 0 Å². The summed E-state index contributed by atoms with van der Waals surface area (Å²) in [6.07, 6.45) is 0. The number of anilines is 2. The van der Waals surface area contributed by atoms with Crippen LogP contribution in [0, 0.1) is 6.92 Å². The fourth-order valence-corrected chi connectivity index (χ4v) is 1.88. The zero-order chi connectivity index (χ0) is 13.1. The smallest absolute Gasteiger partial charge is 0.133 e. The minimum Gasteiger partial charge on any atom is -0.497 e. The van der Waals surface area contributed by atoms with Crippen LogP contribution in [-0.2, 0) is 0 Å². The summed E-state index contributed by atoms with van der Waals surface area (Å²) in [5.74, 6) is 1.77. The summed E-state index contributed by atoms with van der Waals surface area (Å²) in [6.45, 7) is 1.98. The molecule has 18 heavy (non-hydrogen) atoms. The van der Waals surface area contributed by atoms with Crippen molar-refractivity contribution >= 4 is 27.4 Å². The number of rotatable bonds is 3. The summed E-state index contributed by atoms with van der Waals surface area (Å²) in [5.41, 5.74) is 2.05. The topological polar surface area (TPSA) is 25.4 Å². The summed E-state index contributed by atoms with van der Waals surface area (Å²) in [7, 11) is 3.66. The maximum atomic E-state index is 5.15. The Morgan fingerprint density at radius 1 is 1.11 bits per heavy atom. The van der Waals surface area contributed by atoms with Gasteiger partial charge < -0.3 is 9.64 Å². The van der Waals surface area contributed by atoms with Gasteiger partial charge in [0.1, 0.15) is 11.6 Å². The van der Waals surface area contributed by atoms with Gasteiger partial charge in [-0.05, 0) is 59.3 Å². The van der Waals surface area contributed by atoms with Crippen LogP contribution in [0.25, 0.3) is 0 Å². The van der Waals surface area contributed by atoms with Gasteiger partial charge >= 0.3 is 0 Å². The normalized spacial score (nSPS) is 10.2. The Bertz CT molecular complexity index is 540. The third-order valence-electron chi connectivity index (χ3n) is 2.81. The lowest BCUT2D eigenvalue weighted by atomic mass is 10.2. The van der Waals surface area contributed by atoms with E-state index in [0.717, 1.165) is 27.4 Å². The minimum atomic E-state index is 0.854. The Labute approximate surface area is 116 Å². The molecule has 1 aromatic heterocycles. The molecule has 1 aromatic carbocycles. The van der Waals surface area contributed by atoms with Gasteiger partial charge in [-0.25, -0.2) is 4.98 Å².